The van der Waals surface area contributed by atoms with Gasteiger partial charge in [-0.15, -0.1) is 0 Å². The van der Waals surface area contributed by atoms with E-state index in [9.17, 15) is 5.11 Å². The maximum absolute atomic E-state index is 9.69. The van der Waals surface area contributed by atoms with E-state index >= 15 is 0 Å². The molecule has 0 atom stereocenters. The summed E-state index contributed by atoms with van der Waals surface area (Å²) in [6.07, 6.45) is 4.93. The molecule has 0 saturated heterocycles. The molecule has 0 spiro atoms. The van der Waals surface area contributed by atoms with Crippen LogP contribution in [0.15, 0.2) is 12.1 Å². The first kappa shape index (κ1) is 11.5. The van der Waals surface area contributed by atoms with Gasteiger partial charge in [0.1, 0.15) is 5.75 Å². The van der Waals surface area contributed by atoms with Crippen LogP contribution in [-0.2, 0) is 5.41 Å². The van der Waals surface area contributed by atoms with Crippen molar-refractivity contribution in [1.29, 1.82) is 0 Å². The van der Waals surface area contributed by atoms with Crippen molar-refractivity contribution in [2.75, 3.05) is 6.54 Å². The summed E-state index contributed by atoms with van der Waals surface area (Å²) in [5.74, 6) is 0.395. The Morgan fingerprint density at radius 2 is 1.81 bits per heavy atom. The summed E-state index contributed by atoms with van der Waals surface area (Å²) in [4.78, 5) is 0. The average Bonchev–Trinajstić information content (AvgIpc) is 2.76. The molecule has 0 radical (unpaired) electrons. The largest absolute Gasteiger partial charge is 0.508 e. The number of rotatable bonds is 2. The molecular weight excluding hydrogens is 198 g/mol. The van der Waals surface area contributed by atoms with E-state index in [0.717, 1.165) is 12.1 Å². The number of aromatic hydroxyl groups is 1. The van der Waals surface area contributed by atoms with Crippen molar-refractivity contribution in [2.24, 2.45) is 5.73 Å². The standard InChI is InChI=1S/C14H21NO/c1-10-11(2)13(16)6-5-12(10)14(9-15)7-3-4-8-14/h5-6,16H,3-4,7-9,15H2,1-2H3. The smallest absolute Gasteiger partial charge is 0.118 e. The van der Waals surface area contributed by atoms with Crippen molar-refractivity contribution >= 4 is 0 Å². The summed E-state index contributed by atoms with van der Waals surface area (Å²) in [5.41, 5.74) is 9.73. The number of benzene rings is 1. The summed E-state index contributed by atoms with van der Waals surface area (Å²) < 4.78 is 0. The molecule has 0 amide bonds. The second kappa shape index (κ2) is 4.10. The van der Waals surface area contributed by atoms with E-state index in [1.165, 1.54) is 36.8 Å². The SMILES string of the molecule is Cc1c(O)ccc(C2(CN)CCCC2)c1C. The number of phenols is 1. The van der Waals surface area contributed by atoms with Gasteiger partial charge in [-0.05, 0) is 49.4 Å². The van der Waals surface area contributed by atoms with Crippen LogP contribution in [0.1, 0.15) is 42.4 Å². The molecule has 1 aromatic carbocycles. The minimum Gasteiger partial charge on any atom is -0.508 e. The minimum absolute atomic E-state index is 0.169. The molecule has 0 unspecified atom stereocenters. The molecule has 0 bridgehead atoms. The molecule has 2 heteroatoms. The first-order valence-electron chi connectivity index (χ1n) is 6.10. The fourth-order valence-electron chi connectivity index (χ4n) is 3.02. The maximum atomic E-state index is 9.69. The minimum atomic E-state index is 0.169. The second-order valence-electron chi connectivity index (χ2n) is 5.07. The predicted molar refractivity (Wildman–Crippen MR) is 66.8 cm³/mol. The van der Waals surface area contributed by atoms with Crippen molar-refractivity contribution in [1.82, 2.24) is 0 Å². The molecule has 0 aliphatic heterocycles. The third-order valence-corrected chi connectivity index (χ3v) is 4.28. The average molecular weight is 219 g/mol. The van der Waals surface area contributed by atoms with Gasteiger partial charge in [0.05, 0.1) is 0 Å². The Kier molecular flexibility index (Phi) is 2.94. The Morgan fingerprint density at radius 1 is 1.19 bits per heavy atom. The van der Waals surface area contributed by atoms with Gasteiger partial charge in [0, 0.05) is 12.0 Å². The Hall–Kier alpha value is -1.02. The van der Waals surface area contributed by atoms with Crippen LogP contribution in [0.3, 0.4) is 0 Å². The van der Waals surface area contributed by atoms with E-state index in [4.69, 9.17) is 5.73 Å². The van der Waals surface area contributed by atoms with Crippen LogP contribution in [0, 0.1) is 13.8 Å². The van der Waals surface area contributed by atoms with Crippen LogP contribution in [0.25, 0.3) is 0 Å². The van der Waals surface area contributed by atoms with Crippen molar-refractivity contribution < 1.29 is 5.11 Å². The zero-order valence-corrected chi connectivity index (χ0v) is 10.2. The van der Waals surface area contributed by atoms with Crippen molar-refractivity contribution in [3.63, 3.8) is 0 Å². The highest BCUT2D eigenvalue weighted by Crippen LogP contribution is 2.43. The topological polar surface area (TPSA) is 46.2 Å². The van der Waals surface area contributed by atoms with Crippen LogP contribution >= 0.6 is 0 Å². The molecule has 88 valence electrons. The molecule has 0 heterocycles. The van der Waals surface area contributed by atoms with E-state index in [1.54, 1.807) is 0 Å². The Balaban J connectivity index is 2.51. The Morgan fingerprint density at radius 3 is 2.38 bits per heavy atom. The molecule has 1 aliphatic carbocycles. The molecule has 0 aromatic heterocycles. The summed E-state index contributed by atoms with van der Waals surface area (Å²) in [7, 11) is 0. The number of phenolic OH excluding ortho intramolecular Hbond substituents is 1. The lowest BCUT2D eigenvalue weighted by molar-refractivity contribution is 0.444. The monoisotopic (exact) mass is 219 g/mol. The molecule has 16 heavy (non-hydrogen) atoms. The molecule has 1 fully saturated rings. The molecule has 2 nitrogen and oxygen atoms in total. The quantitative estimate of drug-likeness (QED) is 0.803. The first-order chi connectivity index (χ1) is 7.60. The van der Waals surface area contributed by atoms with Gasteiger partial charge in [-0.2, -0.15) is 0 Å². The highest BCUT2D eigenvalue weighted by Gasteiger charge is 2.35. The van der Waals surface area contributed by atoms with Crippen LogP contribution in [0.4, 0.5) is 0 Å². The molecule has 1 aromatic rings. The fourth-order valence-corrected chi connectivity index (χ4v) is 3.02. The third-order valence-electron chi connectivity index (χ3n) is 4.28. The molecule has 1 aliphatic rings. The van der Waals surface area contributed by atoms with Crippen molar-refractivity contribution in [3.8, 4) is 5.75 Å². The van der Waals surface area contributed by atoms with Crippen LogP contribution < -0.4 is 5.73 Å². The fraction of sp³-hybridized carbons (Fsp3) is 0.571. The van der Waals surface area contributed by atoms with Gasteiger partial charge >= 0.3 is 0 Å². The molecular formula is C14H21NO. The third kappa shape index (κ3) is 1.61. The van der Waals surface area contributed by atoms with Crippen LogP contribution in [-0.4, -0.2) is 11.7 Å². The normalized spacial score (nSPS) is 18.9. The number of hydrogen-bond donors (Lipinski definition) is 2. The summed E-state index contributed by atoms with van der Waals surface area (Å²) in [5, 5.41) is 9.69. The van der Waals surface area contributed by atoms with Gasteiger partial charge in [0.15, 0.2) is 0 Å². The number of hydrogen-bond acceptors (Lipinski definition) is 2. The van der Waals surface area contributed by atoms with E-state index in [-0.39, 0.29) is 5.41 Å². The van der Waals surface area contributed by atoms with Gasteiger partial charge in [-0.3, -0.25) is 0 Å². The van der Waals surface area contributed by atoms with Gasteiger partial charge in [-0.1, -0.05) is 18.9 Å². The zero-order valence-electron chi connectivity index (χ0n) is 10.2. The number of nitrogens with two attached hydrogens (primary N) is 1. The summed E-state index contributed by atoms with van der Waals surface area (Å²) in [6.45, 7) is 4.80. The van der Waals surface area contributed by atoms with Gasteiger partial charge < -0.3 is 10.8 Å². The summed E-state index contributed by atoms with van der Waals surface area (Å²) >= 11 is 0. The van der Waals surface area contributed by atoms with Gasteiger partial charge in [0.25, 0.3) is 0 Å². The highest BCUT2D eigenvalue weighted by atomic mass is 16.3. The first-order valence-corrected chi connectivity index (χ1v) is 6.10. The zero-order chi connectivity index (χ0) is 11.8. The van der Waals surface area contributed by atoms with E-state index in [1.807, 2.05) is 13.0 Å². The lowest BCUT2D eigenvalue weighted by atomic mass is 9.76. The summed E-state index contributed by atoms with van der Waals surface area (Å²) in [6, 6.07) is 3.88. The van der Waals surface area contributed by atoms with Crippen molar-refractivity contribution in [3.05, 3.63) is 28.8 Å². The second-order valence-corrected chi connectivity index (χ2v) is 5.07. The highest BCUT2D eigenvalue weighted by molar-refractivity contribution is 5.46. The van der Waals surface area contributed by atoms with Crippen LogP contribution in [0.2, 0.25) is 0 Å². The van der Waals surface area contributed by atoms with E-state index in [0.29, 0.717) is 5.75 Å². The van der Waals surface area contributed by atoms with Gasteiger partial charge in [-0.25, -0.2) is 0 Å². The lowest BCUT2D eigenvalue weighted by Gasteiger charge is -2.30. The molecule has 1 saturated carbocycles. The maximum Gasteiger partial charge on any atom is 0.118 e. The molecule has 2 rings (SSSR count). The van der Waals surface area contributed by atoms with Gasteiger partial charge in [0.2, 0.25) is 0 Å². The van der Waals surface area contributed by atoms with Crippen molar-refractivity contribution in [2.45, 2.75) is 44.9 Å². The predicted octanol–water partition coefficient (Wildman–Crippen LogP) is 2.78. The Labute approximate surface area is 97.5 Å². The van der Waals surface area contributed by atoms with E-state index in [2.05, 4.69) is 13.0 Å². The lowest BCUT2D eigenvalue weighted by Crippen LogP contribution is -2.32. The van der Waals surface area contributed by atoms with Crippen LogP contribution in [0.5, 0.6) is 5.75 Å². The van der Waals surface area contributed by atoms with E-state index < -0.39 is 0 Å². The molecule has 3 N–H and O–H groups in total. The Bertz CT molecular complexity index is 392.